The molecule has 0 aromatic heterocycles. The summed E-state index contributed by atoms with van der Waals surface area (Å²) in [5.74, 6) is 2.30. The molecule has 0 amide bonds. The Balaban J connectivity index is 1.68. The van der Waals surface area contributed by atoms with E-state index in [9.17, 15) is 0 Å². The topological polar surface area (TPSA) is 55.3 Å². The molecule has 6 nitrogen and oxygen atoms in total. The lowest BCUT2D eigenvalue weighted by molar-refractivity contribution is 0.0263. The summed E-state index contributed by atoms with van der Waals surface area (Å²) in [6.07, 6.45) is 3.30. The number of rotatable bonds is 5. The Hall–Kier alpha value is -1.66. The number of benzene rings is 1. The summed E-state index contributed by atoms with van der Waals surface area (Å²) in [4.78, 5) is 7.14. The van der Waals surface area contributed by atoms with Gasteiger partial charge in [-0.3, -0.25) is 0 Å². The Morgan fingerprint density at radius 2 is 2.04 bits per heavy atom. The first kappa shape index (κ1) is 20.1. The molecule has 1 saturated heterocycles. The Morgan fingerprint density at radius 3 is 2.78 bits per heavy atom. The molecule has 0 unspecified atom stereocenters. The first-order valence-electron chi connectivity index (χ1n) is 9.94. The second-order valence-electron chi connectivity index (χ2n) is 6.77. The van der Waals surface area contributed by atoms with E-state index in [1.165, 1.54) is 0 Å². The average Bonchev–Trinajstić information content (AvgIpc) is 2.92. The summed E-state index contributed by atoms with van der Waals surface area (Å²) in [6, 6.07) is 3.91. The van der Waals surface area contributed by atoms with E-state index >= 15 is 0 Å². The Labute approximate surface area is 166 Å². The summed E-state index contributed by atoms with van der Waals surface area (Å²) in [5, 5.41) is 3.99. The molecule has 2 aliphatic heterocycles. The Morgan fingerprint density at radius 1 is 1.26 bits per heavy atom. The fraction of sp³-hybridized carbons (Fsp3) is 0.650. The maximum absolute atomic E-state index is 6.40. The van der Waals surface area contributed by atoms with Crippen LogP contribution in [0.2, 0.25) is 5.02 Å². The Bertz CT molecular complexity index is 646. The van der Waals surface area contributed by atoms with Crippen molar-refractivity contribution in [1.82, 2.24) is 10.2 Å². The number of hydrogen-bond donors (Lipinski definition) is 1. The highest BCUT2D eigenvalue weighted by Crippen LogP contribution is 2.38. The summed E-state index contributed by atoms with van der Waals surface area (Å²) >= 11 is 6.40. The minimum absolute atomic E-state index is 0.370. The van der Waals surface area contributed by atoms with E-state index in [1.807, 2.05) is 12.1 Å². The molecule has 1 fully saturated rings. The van der Waals surface area contributed by atoms with Crippen LogP contribution in [0.25, 0.3) is 0 Å². The molecule has 0 saturated carbocycles. The largest absolute Gasteiger partial charge is 0.489 e. The lowest BCUT2D eigenvalue weighted by atomic mass is 10.1. The smallest absolute Gasteiger partial charge is 0.194 e. The number of nitrogens with zero attached hydrogens (tertiary/aromatic N) is 2. The second kappa shape index (κ2) is 10.0. The van der Waals surface area contributed by atoms with Crippen molar-refractivity contribution in [2.75, 3.05) is 39.5 Å². The van der Waals surface area contributed by atoms with Gasteiger partial charge in [-0.25, -0.2) is 4.99 Å². The molecular weight excluding hydrogens is 366 g/mol. The molecule has 27 heavy (non-hydrogen) atoms. The number of halogens is 1. The number of fused-ring (bicyclic) bond motifs is 1. The fourth-order valence-electron chi connectivity index (χ4n) is 3.44. The minimum Gasteiger partial charge on any atom is -0.489 e. The van der Waals surface area contributed by atoms with Crippen LogP contribution in [0, 0.1) is 0 Å². The zero-order valence-corrected chi connectivity index (χ0v) is 17.1. The van der Waals surface area contributed by atoms with Crippen LogP contribution in [0.3, 0.4) is 0 Å². The van der Waals surface area contributed by atoms with Crippen LogP contribution >= 0.6 is 11.6 Å². The molecule has 0 radical (unpaired) electrons. The lowest BCUT2D eigenvalue weighted by Crippen LogP contribution is -2.47. The summed E-state index contributed by atoms with van der Waals surface area (Å²) in [5.41, 5.74) is 1.02. The van der Waals surface area contributed by atoms with E-state index in [-0.39, 0.29) is 0 Å². The molecule has 2 heterocycles. The predicted molar refractivity (Wildman–Crippen MR) is 108 cm³/mol. The highest BCUT2D eigenvalue weighted by molar-refractivity contribution is 6.32. The monoisotopic (exact) mass is 395 g/mol. The fourth-order valence-corrected chi connectivity index (χ4v) is 3.73. The quantitative estimate of drug-likeness (QED) is 0.611. The summed E-state index contributed by atoms with van der Waals surface area (Å²) in [6.45, 7) is 9.50. The van der Waals surface area contributed by atoms with Crippen LogP contribution in [-0.4, -0.2) is 56.4 Å². The highest BCUT2D eigenvalue weighted by atomic mass is 35.5. The standard InChI is InChI=1S/C20H30ClN3O3/c1-3-22-20(24-8-6-16(7-9-24)25-4-2)23-14-15-12-17(21)19-18(13-15)26-10-5-11-27-19/h12-13,16H,3-11,14H2,1-2H3,(H,22,23). The molecule has 0 bridgehead atoms. The third-order valence-corrected chi connectivity index (χ3v) is 5.03. The third-order valence-electron chi connectivity index (χ3n) is 4.75. The molecular formula is C20H30ClN3O3. The number of aliphatic imine (C=N–C) groups is 1. The van der Waals surface area contributed by atoms with Gasteiger partial charge in [0, 0.05) is 32.7 Å². The van der Waals surface area contributed by atoms with Gasteiger partial charge in [-0.1, -0.05) is 11.6 Å². The number of likely N-dealkylation sites (tertiary alicyclic amines) is 1. The zero-order valence-electron chi connectivity index (χ0n) is 16.3. The van der Waals surface area contributed by atoms with Crippen LogP contribution in [0.15, 0.2) is 17.1 Å². The van der Waals surface area contributed by atoms with E-state index in [0.717, 1.165) is 57.0 Å². The van der Waals surface area contributed by atoms with E-state index in [2.05, 4.69) is 24.1 Å². The normalized spacial score (nSPS) is 18.3. The zero-order chi connectivity index (χ0) is 19.1. The molecule has 3 rings (SSSR count). The molecule has 1 aromatic carbocycles. The minimum atomic E-state index is 0.370. The van der Waals surface area contributed by atoms with Crippen molar-refractivity contribution in [3.63, 3.8) is 0 Å². The van der Waals surface area contributed by atoms with Gasteiger partial charge in [0.15, 0.2) is 17.5 Å². The molecule has 1 N–H and O–H groups in total. The van der Waals surface area contributed by atoms with E-state index in [1.54, 1.807) is 0 Å². The van der Waals surface area contributed by atoms with Gasteiger partial charge in [0.2, 0.25) is 0 Å². The van der Waals surface area contributed by atoms with Crippen molar-refractivity contribution in [1.29, 1.82) is 0 Å². The predicted octanol–water partition coefficient (Wildman–Crippen LogP) is 3.47. The van der Waals surface area contributed by atoms with Gasteiger partial charge < -0.3 is 24.4 Å². The maximum Gasteiger partial charge on any atom is 0.194 e. The van der Waals surface area contributed by atoms with Gasteiger partial charge >= 0.3 is 0 Å². The van der Waals surface area contributed by atoms with Crippen molar-refractivity contribution >= 4 is 17.6 Å². The first-order chi connectivity index (χ1) is 13.2. The molecule has 1 aromatic rings. The van der Waals surface area contributed by atoms with Crippen molar-refractivity contribution in [2.24, 2.45) is 4.99 Å². The van der Waals surface area contributed by atoms with E-state index < -0.39 is 0 Å². The number of hydrogen-bond acceptors (Lipinski definition) is 4. The summed E-state index contributed by atoms with van der Waals surface area (Å²) < 4.78 is 17.2. The highest BCUT2D eigenvalue weighted by Gasteiger charge is 2.22. The van der Waals surface area contributed by atoms with Crippen molar-refractivity contribution in [3.8, 4) is 11.5 Å². The van der Waals surface area contributed by atoms with Crippen LogP contribution in [0.5, 0.6) is 11.5 Å². The molecule has 0 aliphatic carbocycles. The first-order valence-corrected chi connectivity index (χ1v) is 10.3. The van der Waals surface area contributed by atoms with Gasteiger partial charge in [0.05, 0.1) is 30.9 Å². The molecule has 0 atom stereocenters. The number of ether oxygens (including phenoxy) is 3. The average molecular weight is 396 g/mol. The van der Waals surface area contributed by atoms with Gasteiger partial charge in [0.1, 0.15) is 0 Å². The van der Waals surface area contributed by atoms with Gasteiger partial charge in [-0.15, -0.1) is 0 Å². The number of nitrogens with one attached hydrogen (secondary N) is 1. The maximum atomic E-state index is 6.40. The van der Waals surface area contributed by atoms with Crippen molar-refractivity contribution in [3.05, 3.63) is 22.7 Å². The van der Waals surface area contributed by atoms with E-state index in [4.69, 9.17) is 30.8 Å². The third kappa shape index (κ3) is 5.42. The molecule has 7 heteroatoms. The van der Waals surface area contributed by atoms with Crippen molar-refractivity contribution < 1.29 is 14.2 Å². The molecule has 150 valence electrons. The van der Waals surface area contributed by atoms with Crippen molar-refractivity contribution in [2.45, 2.75) is 45.8 Å². The van der Waals surface area contributed by atoms with Crippen LogP contribution in [0.1, 0.15) is 38.7 Å². The van der Waals surface area contributed by atoms with Crippen LogP contribution in [-0.2, 0) is 11.3 Å². The number of guanidine groups is 1. The Kier molecular flexibility index (Phi) is 7.47. The van der Waals surface area contributed by atoms with E-state index in [0.29, 0.717) is 42.4 Å². The van der Waals surface area contributed by atoms with Crippen LogP contribution in [0.4, 0.5) is 0 Å². The SMILES string of the molecule is CCNC(=NCc1cc(Cl)c2c(c1)OCCCO2)N1CCC(OCC)CC1. The summed E-state index contributed by atoms with van der Waals surface area (Å²) in [7, 11) is 0. The molecule has 2 aliphatic rings. The second-order valence-corrected chi connectivity index (χ2v) is 7.17. The van der Waals surface area contributed by atoms with Gasteiger partial charge in [-0.05, 0) is 44.4 Å². The van der Waals surface area contributed by atoms with Crippen LogP contribution < -0.4 is 14.8 Å². The number of piperidine rings is 1. The molecule has 0 spiro atoms. The van der Waals surface area contributed by atoms with Gasteiger partial charge in [-0.2, -0.15) is 0 Å². The van der Waals surface area contributed by atoms with Gasteiger partial charge in [0.25, 0.3) is 0 Å². The lowest BCUT2D eigenvalue weighted by Gasteiger charge is -2.34.